The third kappa shape index (κ3) is 6.72. The minimum Gasteiger partial charge on any atom is -0.457 e. The van der Waals surface area contributed by atoms with E-state index in [-0.39, 0.29) is 0 Å². The highest BCUT2D eigenvalue weighted by atomic mass is 28.3. The van der Waals surface area contributed by atoms with Crippen LogP contribution in [-0.2, 0) is 31.1 Å². The molecule has 3 nitrogen and oxygen atoms in total. The highest BCUT2D eigenvalue weighted by Gasteiger charge is 2.52. The summed E-state index contributed by atoms with van der Waals surface area (Å²) in [5, 5.41) is 5.42. The molecule has 0 fully saturated rings. The number of hydrogen-bond acceptors (Lipinski definition) is 3. The number of para-hydroxylation sites is 2. The molecule has 0 N–H and O–H groups in total. The smallest absolute Gasteiger partial charge is 0.132 e. The first-order chi connectivity index (χ1) is 33.9. The summed E-state index contributed by atoms with van der Waals surface area (Å²) < 4.78 is 6.96. The molecule has 0 saturated carbocycles. The predicted molar refractivity (Wildman–Crippen MR) is 301 cm³/mol. The molecular weight excluding hydrogens is 881 g/mol. The van der Waals surface area contributed by atoms with Gasteiger partial charge in [-0.25, -0.2) is 0 Å². The second-order valence-electron chi connectivity index (χ2n) is 22.3. The maximum atomic E-state index is 6.96. The van der Waals surface area contributed by atoms with Crippen LogP contribution in [0.1, 0.15) is 57.3 Å². The van der Waals surface area contributed by atoms with Crippen LogP contribution in [0.2, 0.25) is 39.3 Å². The van der Waals surface area contributed by atoms with Crippen molar-refractivity contribution >= 4 is 71.4 Å². The summed E-state index contributed by atoms with van der Waals surface area (Å²) in [6, 6.07) is 70.3. The molecule has 0 aromatic heterocycles. The lowest BCUT2D eigenvalue weighted by atomic mass is 9.66. The molecule has 9 aromatic rings. The van der Waals surface area contributed by atoms with Crippen molar-refractivity contribution in [3.8, 4) is 22.6 Å². The highest BCUT2D eigenvalue weighted by Crippen LogP contribution is 2.65. The topological polar surface area (TPSA) is 15.7 Å². The normalized spacial score (nSPS) is 14.9. The summed E-state index contributed by atoms with van der Waals surface area (Å²) in [4.78, 5) is 5.08. The Morgan fingerprint density at radius 2 is 0.843 bits per heavy atom. The summed E-state index contributed by atoms with van der Waals surface area (Å²) in [6.07, 6.45) is 6.98. The zero-order valence-corrected chi connectivity index (χ0v) is 43.4. The SMILES string of the molecule is C[Si](C)(C)c1ccc(N(c2ccc3c(c2)CCC3)c2ccc3c(c2)C2(c4ccccc4Oc4ccccc42)c2cc(N(c4ccc([Si](C)(C)C)cc4)c4ccc5c(c4)CCC5)c4ccccc4c2-3)cc1. The molecule has 5 heteroatoms. The van der Waals surface area contributed by atoms with Gasteiger partial charge in [-0.3, -0.25) is 0 Å². The molecule has 0 bridgehead atoms. The average molecular weight is 941 g/mol. The van der Waals surface area contributed by atoms with Crippen molar-refractivity contribution in [2.45, 2.75) is 83.2 Å². The minimum absolute atomic E-state index is 0.707. The van der Waals surface area contributed by atoms with Gasteiger partial charge in [-0.2, -0.15) is 0 Å². The monoisotopic (exact) mass is 940 g/mol. The van der Waals surface area contributed by atoms with Gasteiger partial charge in [0.15, 0.2) is 0 Å². The molecule has 4 aliphatic rings. The number of anilines is 6. The molecule has 0 amide bonds. The standard InChI is InChI=1S/C65H60N2OSi2/c1-69(2,3)52-34-29-47(30-35-52)66(49-27-25-43-15-13-17-45(43)39-49)51-33-38-56-59(41-51)65(57-21-9-11-23-62(57)68-63-24-12-10-22-58(63)65)60-42-61(54-19-7-8-20-55(54)64(56)60)67(48-31-36-53(37-32-48)70(4,5)6)50-28-26-44-16-14-18-46(44)40-50/h7-12,19-42H,13-18H2,1-6H3. The highest BCUT2D eigenvalue weighted by molar-refractivity contribution is 6.89. The first-order valence-electron chi connectivity index (χ1n) is 25.6. The van der Waals surface area contributed by atoms with E-state index in [0.717, 1.165) is 42.9 Å². The molecule has 0 radical (unpaired) electrons. The van der Waals surface area contributed by atoms with Crippen molar-refractivity contribution < 1.29 is 4.74 Å². The lowest BCUT2D eigenvalue weighted by Gasteiger charge is -2.40. The van der Waals surface area contributed by atoms with E-state index in [0.29, 0.717) is 0 Å². The van der Waals surface area contributed by atoms with Crippen molar-refractivity contribution in [1.82, 2.24) is 0 Å². The lowest BCUT2D eigenvalue weighted by Crippen LogP contribution is -2.37. The Morgan fingerprint density at radius 3 is 1.41 bits per heavy atom. The number of aryl methyl sites for hydroxylation is 4. The molecular formula is C65H60N2OSi2. The van der Waals surface area contributed by atoms with Crippen molar-refractivity contribution in [3.05, 3.63) is 226 Å². The van der Waals surface area contributed by atoms with Gasteiger partial charge >= 0.3 is 0 Å². The zero-order chi connectivity index (χ0) is 47.5. The summed E-state index contributed by atoms with van der Waals surface area (Å²) in [5.74, 6) is 1.80. The number of nitrogens with zero attached hydrogens (tertiary/aromatic N) is 2. The van der Waals surface area contributed by atoms with Gasteiger partial charge in [-0.05, 0) is 167 Å². The molecule has 70 heavy (non-hydrogen) atoms. The van der Waals surface area contributed by atoms with Crippen molar-refractivity contribution in [3.63, 3.8) is 0 Å². The molecule has 1 aliphatic heterocycles. The molecule has 0 saturated heterocycles. The largest absolute Gasteiger partial charge is 0.457 e. The molecule has 9 aromatic carbocycles. The number of benzene rings is 9. The Balaban J connectivity index is 1.11. The van der Waals surface area contributed by atoms with E-state index < -0.39 is 21.6 Å². The van der Waals surface area contributed by atoms with E-state index in [9.17, 15) is 0 Å². The lowest BCUT2D eigenvalue weighted by molar-refractivity contribution is 0.436. The van der Waals surface area contributed by atoms with Gasteiger partial charge in [0.2, 0.25) is 0 Å². The Kier molecular flexibility index (Phi) is 9.89. The molecule has 1 spiro atoms. The third-order valence-electron chi connectivity index (χ3n) is 16.1. The molecule has 0 unspecified atom stereocenters. The van der Waals surface area contributed by atoms with E-state index in [1.54, 1.807) is 0 Å². The van der Waals surface area contributed by atoms with E-state index in [1.165, 1.54) is 118 Å². The number of rotatable bonds is 8. The Hall–Kier alpha value is -6.93. The van der Waals surface area contributed by atoms with Gasteiger partial charge in [0.1, 0.15) is 11.5 Å². The van der Waals surface area contributed by atoms with Crippen LogP contribution in [0, 0.1) is 0 Å². The molecule has 0 atom stereocenters. The summed E-state index contributed by atoms with van der Waals surface area (Å²) in [7, 11) is -3.09. The second kappa shape index (κ2) is 16.1. The Bertz CT molecular complexity index is 3520. The molecule has 3 aliphatic carbocycles. The van der Waals surface area contributed by atoms with Gasteiger partial charge in [0, 0.05) is 45.0 Å². The van der Waals surface area contributed by atoms with Gasteiger partial charge in [-0.1, -0.05) is 153 Å². The third-order valence-corrected chi connectivity index (χ3v) is 20.2. The number of ether oxygens (including phenoxy) is 1. The average Bonchev–Trinajstić information content (AvgIpc) is 4.11. The van der Waals surface area contributed by atoms with E-state index in [1.807, 2.05) is 0 Å². The fourth-order valence-electron chi connectivity index (χ4n) is 12.5. The minimum atomic E-state index is -1.56. The van der Waals surface area contributed by atoms with Gasteiger partial charge < -0.3 is 14.5 Å². The summed E-state index contributed by atoms with van der Waals surface area (Å²) in [5.41, 5.74) is 19.7. The second-order valence-corrected chi connectivity index (χ2v) is 32.5. The zero-order valence-electron chi connectivity index (χ0n) is 41.4. The van der Waals surface area contributed by atoms with Crippen molar-refractivity contribution in [1.29, 1.82) is 0 Å². The van der Waals surface area contributed by atoms with Crippen LogP contribution in [0.5, 0.6) is 11.5 Å². The fraction of sp³-hybridized carbons (Fsp3) is 0.200. The fourth-order valence-corrected chi connectivity index (χ4v) is 14.9. The first kappa shape index (κ1) is 43.1. The van der Waals surface area contributed by atoms with Crippen LogP contribution >= 0.6 is 0 Å². The number of fused-ring (bicyclic) bond motifs is 13. The van der Waals surface area contributed by atoms with Crippen molar-refractivity contribution in [2.75, 3.05) is 9.80 Å². The van der Waals surface area contributed by atoms with Gasteiger partial charge in [-0.15, -0.1) is 0 Å². The van der Waals surface area contributed by atoms with Crippen LogP contribution < -0.4 is 24.9 Å². The maximum absolute atomic E-state index is 6.96. The quantitative estimate of drug-likeness (QED) is 0.141. The van der Waals surface area contributed by atoms with Crippen LogP contribution in [0.15, 0.2) is 182 Å². The van der Waals surface area contributed by atoms with Gasteiger partial charge in [0.25, 0.3) is 0 Å². The van der Waals surface area contributed by atoms with Crippen LogP contribution in [0.25, 0.3) is 21.9 Å². The van der Waals surface area contributed by atoms with Crippen LogP contribution in [0.3, 0.4) is 0 Å². The Labute approximate surface area is 416 Å². The molecule has 13 rings (SSSR count). The Morgan fingerprint density at radius 1 is 0.386 bits per heavy atom. The molecule has 1 heterocycles. The van der Waals surface area contributed by atoms with E-state index in [4.69, 9.17) is 4.74 Å². The summed E-state index contributed by atoms with van der Waals surface area (Å²) in [6.45, 7) is 14.6. The predicted octanol–water partition coefficient (Wildman–Crippen LogP) is 16.3. The van der Waals surface area contributed by atoms with E-state index >= 15 is 0 Å². The summed E-state index contributed by atoms with van der Waals surface area (Å²) >= 11 is 0. The van der Waals surface area contributed by atoms with Gasteiger partial charge in [0.05, 0.1) is 27.3 Å². The maximum Gasteiger partial charge on any atom is 0.132 e. The number of hydrogen-bond donors (Lipinski definition) is 0. The van der Waals surface area contributed by atoms with Crippen LogP contribution in [0.4, 0.5) is 34.1 Å². The molecule has 344 valence electrons. The van der Waals surface area contributed by atoms with Crippen molar-refractivity contribution in [2.24, 2.45) is 0 Å². The van der Waals surface area contributed by atoms with E-state index in [2.05, 4.69) is 231 Å². The first-order valence-corrected chi connectivity index (χ1v) is 32.6. The van der Waals surface area contributed by atoms with Crippen LogP contribution in [-0.4, -0.2) is 16.1 Å².